The minimum absolute atomic E-state index is 0. The van der Waals surface area contributed by atoms with Crippen LogP contribution >= 0.6 is 0 Å². The molecule has 0 aliphatic carbocycles. The normalized spacial score (nSPS) is 6.46. The number of carbonyl (C=O) groups is 2. The first-order valence-electron chi connectivity index (χ1n) is 31.2. The third-order valence-corrected chi connectivity index (χ3v) is 5.69. The molecule has 0 bridgehead atoms. The van der Waals surface area contributed by atoms with Crippen LogP contribution in [-0.2, 0) is 84.5 Å². The number of hydrogen-bond donors (Lipinski definition) is 0. The van der Waals surface area contributed by atoms with Gasteiger partial charge in [-0.05, 0) is 48.5 Å². The fourth-order valence-corrected chi connectivity index (χ4v) is 3.15. The van der Waals surface area contributed by atoms with Crippen molar-refractivity contribution in [2.24, 2.45) is 0 Å². The standard InChI is InChI=1S/2C7H7NO2.C6H4N2.2C6H4NO.C5H5NO.C5H5N.15C2H6.2Y/c2*1-10-7(9)6-4-2-3-5-8-6;7-5-6-3-1-2-4-8-6;2*8-5-6-3-1-2-4-7-6;7-6-4-2-1-3-5-6;1-2-4-6-5-3-1;15*1-2;;/h2*2-5H,1H3;3*1-4H;1-5H;1-5H;15*1-2H3;;/q;;;2*-1;;;;;;;;;;;;;;;;;;;. The molecule has 0 aliphatic rings. The van der Waals surface area contributed by atoms with E-state index in [-0.39, 0.29) is 65.4 Å². The van der Waals surface area contributed by atoms with Crippen LogP contribution < -0.4 is 4.73 Å². The molecule has 0 spiro atoms. The summed E-state index contributed by atoms with van der Waals surface area (Å²) in [4.78, 5) is 63.5. The first-order chi connectivity index (χ1) is 42.9. The molecule has 17 heteroatoms. The number of rotatable bonds is 4. The Balaban J connectivity index is -0.0000000422. The molecule has 15 nitrogen and oxygen atoms in total. The van der Waals surface area contributed by atoms with Crippen molar-refractivity contribution in [3.63, 3.8) is 0 Å². The van der Waals surface area contributed by atoms with Gasteiger partial charge in [0.2, 0.25) is 0 Å². The Hall–Kier alpha value is -6.17. The monoisotopic (exact) mass is 1390 g/mol. The third-order valence-electron chi connectivity index (χ3n) is 5.69. The molecule has 7 aromatic heterocycles. The van der Waals surface area contributed by atoms with E-state index in [2.05, 4.69) is 39.4 Å². The Kier molecular flexibility index (Phi) is 222. The predicted octanol–water partition coefficient (Wildman–Crippen LogP) is 20.6. The maximum absolute atomic E-state index is 10.7. The average molecular weight is 1390 g/mol. The number of esters is 2. The van der Waals surface area contributed by atoms with Gasteiger partial charge in [-0.15, -0.1) is 12.1 Å². The van der Waals surface area contributed by atoms with E-state index in [1.807, 2.05) is 232 Å². The molecule has 504 valence electrons. The van der Waals surface area contributed by atoms with E-state index in [4.69, 9.17) is 5.26 Å². The first-order valence-corrected chi connectivity index (χ1v) is 31.2. The van der Waals surface area contributed by atoms with E-state index in [1.165, 1.54) is 26.6 Å². The molecular formula is C72H126N8O7Y2-2. The van der Waals surface area contributed by atoms with Gasteiger partial charge >= 0.3 is 11.9 Å². The van der Waals surface area contributed by atoms with Crippen LogP contribution in [0.15, 0.2) is 183 Å². The van der Waals surface area contributed by atoms with Crippen LogP contribution in [0.1, 0.15) is 246 Å². The molecule has 0 fully saturated rings. The molecule has 0 N–H and O–H groups in total. The minimum atomic E-state index is -0.402. The topological polar surface area (TPSA) is 215 Å². The number of nitrogens with zero attached hydrogens (tertiary/aromatic N) is 8. The zero-order valence-electron chi connectivity index (χ0n) is 61.9. The van der Waals surface area contributed by atoms with Crippen LogP contribution in [0, 0.1) is 16.5 Å². The zero-order chi connectivity index (χ0) is 71.6. The summed E-state index contributed by atoms with van der Waals surface area (Å²) >= 11 is 0. The van der Waals surface area contributed by atoms with E-state index in [0.29, 0.717) is 28.5 Å². The Bertz CT molecular complexity index is 1990. The summed E-state index contributed by atoms with van der Waals surface area (Å²) in [5.74, 6) is -0.804. The van der Waals surface area contributed by atoms with E-state index in [0.717, 1.165) is 4.73 Å². The third kappa shape index (κ3) is 120. The number of pyridine rings is 7. The molecule has 0 aliphatic heterocycles. The molecule has 7 rings (SSSR count). The fraction of sp³-hybridized carbons (Fsp3) is 0.444. The molecule has 89 heavy (non-hydrogen) atoms. The second-order valence-electron chi connectivity index (χ2n) is 9.63. The fourth-order valence-electron chi connectivity index (χ4n) is 3.15. The van der Waals surface area contributed by atoms with Gasteiger partial charge in [-0.2, -0.15) is 22.1 Å². The SMILES string of the molecule is CC.CC.CC.CC.CC.CC.CC.CC.CC.CC.CC.CC.CC.CC.CC.COC(=O)c1ccccn1.COC(=O)c1ccccn1.N#Cc1ccccn1.O=[C-]c1ccccn1.O=[C-]c1ccccn1.[O-][n+]1ccccc1.[Y].[Y].c1ccncc1. The van der Waals surface area contributed by atoms with Crippen LogP contribution in [0.4, 0.5) is 0 Å². The van der Waals surface area contributed by atoms with Gasteiger partial charge in [-0.1, -0.05) is 262 Å². The largest absolute Gasteiger partial charge is 0.619 e. The van der Waals surface area contributed by atoms with Crippen LogP contribution in [0.3, 0.4) is 0 Å². The van der Waals surface area contributed by atoms with Gasteiger partial charge in [0.05, 0.1) is 14.2 Å². The maximum atomic E-state index is 10.7. The molecule has 7 aromatic rings. The molecule has 2 radical (unpaired) electrons. The van der Waals surface area contributed by atoms with Crippen molar-refractivity contribution in [2.45, 2.75) is 208 Å². The van der Waals surface area contributed by atoms with Crippen LogP contribution in [0.2, 0.25) is 0 Å². The van der Waals surface area contributed by atoms with Gasteiger partial charge in [0, 0.05) is 134 Å². The molecule has 0 aromatic carbocycles. The number of ether oxygens (including phenoxy) is 2. The Morgan fingerprint density at radius 2 is 0.618 bits per heavy atom. The number of aromatic nitrogens is 7. The van der Waals surface area contributed by atoms with Gasteiger partial charge in [-0.3, -0.25) is 15.0 Å². The molecule has 0 amide bonds. The summed E-state index contributed by atoms with van der Waals surface area (Å²) in [6.07, 6.45) is 17.5. The first kappa shape index (κ1) is 128. The van der Waals surface area contributed by atoms with Crippen molar-refractivity contribution in [1.82, 2.24) is 29.9 Å². The number of methoxy groups -OCH3 is 2. The predicted molar refractivity (Wildman–Crippen MR) is 378 cm³/mol. The smallest absolute Gasteiger partial charge is 0.356 e. The quantitative estimate of drug-likeness (QED) is 0.0694. The molecular weight excluding hydrogens is 1270 g/mol. The van der Waals surface area contributed by atoms with E-state index in [9.17, 15) is 24.4 Å². The molecule has 0 atom stereocenters. The summed E-state index contributed by atoms with van der Waals surface area (Å²) in [6.45, 7) is 60.0. The molecule has 7 heterocycles. The van der Waals surface area contributed by atoms with Crippen LogP contribution in [0.25, 0.3) is 0 Å². The van der Waals surface area contributed by atoms with Gasteiger partial charge in [-0.25, -0.2) is 24.5 Å². The van der Waals surface area contributed by atoms with Gasteiger partial charge in [0.1, 0.15) is 23.2 Å². The minimum Gasteiger partial charge on any atom is -0.619 e. The molecule has 0 saturated heterocycles. The number of hydrogen-bond acceptors (Lipinski definition) is 14. The van der Waals surface area contributed by atoms with E-state index >= 15 is 0 Å². The van der Waals surface area contributed by atoms with Crippen molar-refractivity contribution >= 4 is 24.5 Å². The summed E-state index contributed by atoms with van der Waals surface area (Å²) in [6, 6.07) is 38.4. The number of nitriles is 1. The van der Waals surface area contributed by atoms with Crippen molar-refractivity contribution < 1.29 is 98.8 Å². The Labute approximate surface area is 598 Å². The Morgan fingerprint density at radius 1 is 0.371 bits per heavy atom. The molecule has 0 saturated carbocycles. The van der Waals surface area contributed by atoms with Gasteiger partial charge < -0.3 is 24.3 Å². The zero-order valence-corrected chi connectivity index (χ0v) is 67.6. The summed E-state index contributed by atoms with van der Waals surface area (Å²) in [5.41, 5.74) is 1.85. The van der Waals surface area contributed by atoms with Crippen molar-refractivity contribution in [3.8, 4) is 6.07 Å². The summed E-state index contributed by atoms with van der Waals surface area (Å²) in [5, 5.41) is 18.4. The molecule has 0 unspecified atom stereocenters. The van der Waals surface area contributed by atoms with E-state index < -0.39 is 11.9 Å². The maximum Gasteiger partial charge on any atom is 0.356 e. The van der Waals surface area contributed by atoms with Crippen LogP contribution in [0.5, 0.6) is 0 Å². The average Bonchev–Trinajstić information content (AvgIpc) is 3.72. The van der Waals surface area contributed by atoms with Gasteiger partial charge in [0.15, 0.2) is 12.4 Å². The summed E-state index contributed by atoms with van der Waals surface area (Å²) in [7, 11) is 2.66. The van der Waals surface area contributed by atoms with Crippen LogP contribution in [-0.4, -0.2) is 68.6 Å². The van der Waals surface area contributed by atoms with E-state index in [1.54, 1.807) is 165 Å². The Morgan fingerprint density at radius 3 is 0.753 bits per heavy atom. The van der Waals surface area contributed by atoms with Crippen molar-refractivity contribution in [2.75, 3.05) is 14.2 Å². The second kappa shape index (κ2) is 154. The van der Waals surface area contributed by atoms with Crippen molar-refractivity contribution in [1.29, 1.82) is 5.26 Å². The summed E-state index contributed by atoms with van der Waals surface area (Å²) < 4.78 is 9.62. The number of carbonyl (C=O) groups excluding carboxylic acids is 4. The van der Waals surface area contributed by atoms with Gasteiger partial charge in [0.25, 0.3) is 0 Å². The second-order valence-corrected chi connectivity index (χ2v) is 9.63. The van der Waals surface area contributed by atoms with Crippen molar-refractivity contribution in [3.05, 3.63) is 217 Å².